The van der Waals surface area contributed by atoms with Crippen molar-refractivity contribution < 1.29 is 13.2 Å². The first-order valence-electron chi connectivity index (χ1n) is 8.51. The molecule has 0 fully saturated rings. The van der Waals surface area contributed by atoms with Gasteiger partial charge in [0.1, 0.15) is 5.75 Å². The average Bonchev–Trinajstić information content (AvgIpc) is 2.58. The third kappa shape index (κ3) is 9.58. The van der Waals surface area contributed by atoms with Crippen LogP contribution in [0.1, 0.15) is 25.8 Å². The van der Waals surface area contributed by atoms with Gasteiger partial charge in [0.25, 0.3) is 0 Å². The third-order valence-corrected chi connectivity index (χ3v) is 5.00. The maximum absolute atomic E-state index is 11.6. The lowest BCUT2D eigenvalue weighted by Crippen LogP contribution is -2.39. The topological polar surface area (TPSA) is 83.0 Å². The molecule has 26 heavy (non-hydrogen) atoms. The Morgan fingerprint density at radius 2 is 1.85 bits per heavy atom. The smallest absolute Gasteiger partial charge is 0.211 e. The lowest BCUT2D eigenvalue weighted by molar-refractivity contribution is 0.414. The molecule has 0 atom stereocenters. The van der Waals surface area contributed by atoms with Gasteiger partial charge in [-0.1, -0.05) is 19.1 Å². The zero-order chi connectivity index (χ0) is 18.7. The number of hydrogen-bond acceptors (Lipinski definition) is 4. The number of benzene rings is 1. The van der Waals surface area contributed by atoms with Crippen molar-refractivity contribution in [3.8, 4) is 5.75 Å². The van der Waals surface area contributed by atoms with Gasteiger partial charge in [0.05, 0.1) is 19.9 Å². The molecular weight excluding hydrogens is 467 g/mol. The summed E-state index contributed by atoms with van der Waals surface area (Å²) in [6.07, 6.45) is 1.96. The molecule has 0 aliphatic heterocycles. The fraction of sp³-hybridized carbons (Fsp3) is 0.588. The molecule has 0 bridgehead atoms. The SMILES string of the molecule is CCNC(=NCc1ccc(OC)cc1)NCCCN(CC)S(C)(=O)=O.I. The van der Waals surface area contributed by atoms with Gasteiger partial charge < -0.3 is 15.4 Å². The Kier molecular flexibility index (Phi) is 12.6. The summed E-state index contributed by atoms with van der Waals surface area (Å²) >= 11 is 0. The number of nitrogens with one attached hydrogen (secondary N) is 2. The summed E-state index contributed by atoms with van der Waals surface area (Å²) in [6, 6.07) is 7.79. The molecule has 7 nitrogen and oxygen atoms in total. The van der Waals surface area contributed by atoms with Crippen molar-refractivity contribution in [2.24, 2.45) is 4.99 Å². The second-order valence-electron chi connectivity index (χ2n) is 5.58. The van der Waals surface area contributed by atoms with Crippen LogP contribution in [-0.2, 0) is 16.6 Å². The molecule has 0 amide bonds. The number of methoxy groups -OCH3 is 1. The second-order valence-corrected chi connectivity index (χ2v) is 7.56. The van der Waals surface area contributed by atoms with Crippen molar-refractivity contribution in [2.75, 3.05) is 39.5 Å². The number of halogens is 1. The number of nitrogens with zero attached hydrogens (tertiary/aromatic N) is 2. The highest BCUT2D eigenvalue weighted by atomic mass is 127. The van der Waals surface area contributed by atoms with Crippen LogP contribution in [0, 0.1) is 0 Å². The first-order valence-corrected chi connectivity index (χ1v) is 10.4. The molecule has 0 aliphatic carbocycles. The fourth-order valence-corrected chi connectivity index (χ4v) is 3.19. The molecular formula is C17H31IN4O3S. The van der Waals surface area contributed by atoms with Gasteiger partial charge in [0.15, 0.2) is 5.96 Å². The number of hydrogen-bond donors (Lipinski definition) is 2. The molecule has 1 aromatic carbocycles. The lowest BCUT2D eigenvalue weighted by atomic mass is 10.2. The zero-order valence-corrected chi connectivity index (χ0v) is 19.1. The van der Waals surface area contributed by atoms with Crippen molar-refractivity contribution in [1.82, 2.24) is 14.9 Å². The maximum Gasteiger partial charge on any atom is 0.211 e. The Labute approximate surface area is 174 Å². The van der Waals surface area contributed by atoms with E-state index in [0.717, 1.165) is 23.8 Å². The molecule has 0 aromatic heterocycles. The quantitative estimate of drug-likeness (QED) is 0.223. The Morgan fingerprint density at radius 1 is 1.19 bits per heavy atom. The van der Waals surface area contributed by atoms with Crippen LogP contribution < -0.4 is 15.4 Å². The highest BCUT2D eigenvalue weighted by molar-refractivity contribution is 14.0. The van der Waals surface area contributed by atoms with E-state index in [1.54, 1.807) is 7.11 Å². The van der Waals surface area contributed by atoms with E-state index >= 15 is 0 Å². The van der Waals surface area contributed by atoms with Gasteiger partial charge in [-0.2, -0.15) is 0 Å². The summed E-state index contributed by atoms with van der Waals surface area (Å²) in [5, 5.41) is 6.43. The number of aliphatic imine (C=N–C) groups is 1. The normalized spacial score (nSPS) is 11.8. The predicted molar refractivity (Wildman–Crippen MR) is 118 cm³/mol. The van der Waals surface area contributed by atoms with E-state index in [0.29, 0.717) is 32.6 Å². The van der Waals surface area contributed by atoms with E-state index in [2.05, 4.69) is 15.6 Å². The van der Waals surface area contributed by atoms with Crippen LogP contribution in [-0.4, -0.2) is 58.2 Å². The monoisotopic (exact) mass is 498 g/mol. The summed E-state index contributed by atoms with van der Waals surface area (Å²) in [5.41, 5.74) is 1.09. The summed E-state index contributed by atoms with van der Waals surface area (Å²) in [4.78, 5) is 4.55. The van der Waals surface area contributed by atoms with Crippen molar-refractivity contribution in [1.29, 1.82) is 0 Å². The van der Waals surface area contributed by atoms with E-state index in [1.165, 1.54) is 10.6 Å². The van der Waals surface area contributed by atoms with Gasteiger partial charge in [-0.25, -0.2) is 17.7 Å². The molecule has 150 valence electrons. The summed E-state index contributed by atoms with van der Waals surface area (Å²) < 4.78 is 29.7. The minimum absolute atomic E-state index is 0. The van der Waals surface area contributed by atoms with Crippen LogP contribution in [0.5, 0.6) is 5.75 Å². The van der Waals surface area contributed by atoms with Crippen molar-refractivity contribution in [3.63, 3.8) is 0 Å². The standard InChI is InChI=1S/C17H30N4O3S.HI/c1-5-18-17(19-12-7-13-21(6-2)25(4,22)23)20-14-15-8-10-16(24-3)11-9-15;/h8-11H,5-7,12-14H2,1-4H3,(H2,18,19,20);1H. The maximum atomic E-state index is 11.6. The molecule has 0 radical (unpaired) electrons. The first kappa shape index (κ1) is 24.9. The molecule has 0 spiro atoms. The van der Waals surface area contributed by atoms with Crippen LogP contribution in [0.4, 0.5) is 0 Å². The average molecular weight is 498 g/mol. The summed E-state index contributed by atoms with van der Waals surface area (Å²) in [6.45, 7) is 6.82. The van der Waals surface area contributed by atoms with Gasteiger partial charge in [0, 0.05) is 26.2 Å². The highest BCUT2D eigenvalue weighted by Gasteiger charge is 2.13. The molecule has 0 saturated carbocycles. The Balaban J connectivity index is 0.00000625. The minimum Gasteiger partial charge on any atom is -0.497 e. The molecule has 2 N–H and O–H groups in total. The number of sulfonamides is 1. The molecule has 0 saturated heterocycles. The largest absolute Gasteiger partial charge is 0.497 e. The van der Waals surface area contributed by atoms with Crippen LogP contribution in [0.25, 0.3) is 0 Å². The van der Waals surface area contributed by atoms with Gasteiger partial charge >= 0.3 is 0 Å². The lowest BCUT2D eigenvalue weighted by Gasteiger charge is -2.18. The number of ether oxygens (including phenoxy) is 1. The van der Waals surface area contributed by atoms with Crippen molar-refractivity contribution in [3.05, 3.63) is 29.8 Å². The van der Waals surface area contributed by atoms with Gasteiger partial charge in [0.2, 0.25) is 10.0 Å². The van der Waals surface area contributed by atoms with E-state index in [4.69, 9.17) is 4.74 Å². The number of rotatable bonds is 10. The predicted octanol–water partition coefficient (Wildman–Crippen LogP) is 2.04. The summed E-state index contributed by atoms with van der Waals surface area (Å²) in [5.74, 6) is 1.55. The van der Waals surface area contributed by atoms with E-state index in [-0.39, 0.29) is 24.0 Å². The molecule has 0 unspecified atom stereocenters. The van der Waals surface area contributed by atoms with Crippen LogP contribution in [0.15, 0.2) is 29.3 Å². The van der Waals surface area contributed by atoms with E-state index in [1.807, 2.05) is 38.1 Å². The molecule has 1 aromatic rings. The van der Waals surface area contributed by atoms with Gasteiger partial charge in [-0.3, -0.25) is 0 Å². The van der Waals surface area contributed by atoms with Crippen LogP contribution in [0.3, 0.4) is 0 Å². The van der Waals surface area contributed by atoms with E-state index < -0.39 is 10.0 Å². The van der Waals surface area contributed by atoms with Gasteiger partial charge in [-0.15, -0.1) is 24.0 Å². The molecule has 1 rings (SSSR count). The Hall–Kier alpha value is -1.07. The molecule has 9 heteroatoms. The molecule has 0 aliphatic rings. The van der Waals surface area contributed by atoms with Crippen molar-refractivity contribution >= 4 is 40.0 Å². The van der Waals surface area contributed by atoms with Crippen molar-refractivity contribution in [2.45, 2.75) is 26.8 Å². The first-order chi connectivity index (χ1) is 11.9. The Bertz CT molecular complexity index is 636. The molecule has 0 heterocycles. The fourth-order valence-electron chi connectivity index (χ4n) is 2.26. The van der Waals surface area contributed by atoms with Crippen LogP contribution >= 0.6 is 24.0 Å². The van der Waals surface area contributed by atoms with Crippen LogP contribution in [0.2, 0.25) is 0 Å². The van der Waals surface area contributed by atoms with E-state index in [9.17, 15) is 8.42 Å². The van der Waals surface area contributed by atoms with Gasteiger partial charge in [-0.05, 0) is 31.0 Å². The zero-order valence-electron chi connectivity index (χ0n) is 16.0. The number of guanidine groups is 1. The Morgan fingerprint density at radius 3 is 2.35 bits per heavy atom. The second kappa shape index (κ2) is 13.2. The minimum atomic E-state index is -3.13. The third-order valence-electron chi connectivity index (χ3n) is 3.62. The summed E-state index contributed by atoms with van der Waals surface area (Å²) in [7, 11) is -1.49. The highest BCUT2D eigenvalue weighted by Crippen LogP contribution is 2.11.